The Morgan fingerprint density at radius 1 is 1.00 bits per heavy atom. The number of rotatable bonds is 10. The second-order valence-electron chi connectivity index (χ2n) is 6.91. The maximum Gasteiger partial charge on any atom is 0.251 e. The van der Waals surface area contributed by atoms with Crippen LogP contribution >= 0.6 is 11.6 Å². The summed E-state index contributed by atoms with van der Waals surface area (Å²) < 4.78 is 10.5. The molecule has 0 fully saturated rings. The Morgan fingerprint density at radius 2 is 1.66 bits per heavy atom. The largest absolute Gasteiger partial charge is 0.491 e. The van der Waals surface area contributed by atoms with Crippen molar-refractivity contribution in [2.24, 2.45) is 5.92 Å². The van der Waals surface area contributed by atoms with Gasteiger partial charge in [0, 0.05) is 24.2 Å². The van der Waals surface area contributed by atoms with Crippen molar-refractivity contribution < 1.29 is 19.1 Å². The minimum atomic E-state index is -0.644. The first-order valence-electron chi connectivity index (χ1n) is 9.45. The molecule has 0 saturated carbocycles. The third-order valence-corrected chi connectivity index (χ3v) is 4.54. The molecule has 2 amide bonds. The van der Waals surface area contributed by atoms with Crippen LogP contribution in [0.25, 0.3) is 0 Å². The van der Waals surface area contributed by atoms with Crippen molar-refractivity contribution in [3.63, 3.8) is 0 Å². The van der Waals surface area contributed by atoms with Gasteiger partial charge < -0.3 is 20.1 Å². The number of nitrogens with one attached hydrogen (secondary N) is 2. The third-order valence-electron chi connectivity index (χ3n) is 4.29. The lowest BCUT2D eigenvalue weighted by atomic mass is 10.0. The van der Waals surface area contributed by atoms with Crippen molar-refractivity contribution in [3.8, 4) is 5.75 Å². The number of amides is 2. The molecule has 29 heavy (non-hydrogen) atoms. The van der Waals surface area contributed by atoms with E-state index in [2.05, 4.69) is 10.6 Å². The number of methoxy groups -OCH3 is 1. The number of ether oxygens (including phenoxy) is 2. The van der Waals surface area contributed by atoms with E-state index in [4.69, 9.17) is 21.1 Å². The maximum absolute atomic E-state index is 12.6. The first kappa shape index (κ1) is 22.7. The minimum absolute atomic E-state index is 0.0668. The zero-order chi connectivity index (χ0) is 21.2. The zero-order valence-corrected chi connectivity index (χ0v) is 17.7. The fourth-order valence-electron chi connectivity index (χ4n) is 2.61. The molecule has 0 aliphatic heterocycles. The Labute approximate surface area is 176 Å². The number of benzene rings is 2. The van der Waals surface area contributed by atoms with Crippen LogP contribution in [-0.2, 0) is 16.1 Å². The molecule has 0 saturated heterocycles. The van der Waals surface area contributed by atoms with Crippen LogP contribution in [-0.4, -0.2) is 38.2 Å². The number of carbonyl (C=O) groups is 2. The Balaban J connectivity index is 1.90. The summed E-state index contributed by atoms with van der Waals surface area (Å²) in [4.78, 5) is 25.1. The minimum Gasteiger partial charge on any atom is -0.491 e. The Morgan fingerprint density at radius 3 is 2.24 bits per heavy atom. The molecule has 0 radical (unpaired) electrons. The molecule has 2 aromatic rings. The SMILES string of the molecule is COCCOc1ccc(CNC(=O)C(NC(=O)c2ccc(Cl)cc2)C(C)C)cc1. The van der Waals surface area contributed by atoms with E-state index in [0.29, 0.717) is 30.3 Å². The number of halogens is 1. The van der Waals surface area contributed by atoms with Crippen LogP contribution in [0.1, 0.15) is 29.8 Å². The summed E-state index contributed by atoms with van der Waals surface area (Å²) in [6.45, 7) is 5.14. The van der Waals surface area contributed by atoms with Gasteiger partial charge in [-0.2, -0.15) is 0 Å². The average Bonchev–Trinajstić information content (AvgIpc) is 2.71. The molecule has 7 heteroatoms. The van der Waals surface area contributed by atoms with Crippen molar-refractivity contribution in [1.82, 2.24) is 10.6 Å². The lowest BCUT2D eigenvalue weighted by Gasteiger charge is -2.22. The summed E-state index contributed by atoms with van der Waals surface area (Å²) in [6.07, 6.45) is 0. The van der Waals surface area contributed by atoms with E-state index in [1.165, 1.54) is 0 Å². The Bertz CT molecular complexity index is 791. The summed E-state index contributed by atoms with van der Waals surface area (Å²) in [5.74, 6) is 0.131. The summed E-state index contributed by atoms with van der Waals surface area (Å²) in [7, 11) is 1.62. The summed E-state index contributed by atoms with van der Waals surface area (Å²) in [6, 6.07) is 13.4. The summed E-state index contributed by atoms with van der Waals surface area (Å²) >= 11 is 5.85. The van der Waals surface area contributed by atoms with Crippen LogP contribution in [0.5, 0.6) is 5.75 Å². The third kappa shape index (κ3) is 7.40. The van der Waals surface area contributed by atoms with Crippen LogP contribution < -0.4 is 15.4 Å². The van der Waals surface area contributed by atoms with E-state index in [0.717, 1.165) is 11.3 Å². The van der Waals surface area contributed by atoms with E-state index in [-0.39, 0.29) is 17.7 Å². The average molecular weight is 419 g/mol. The van der Waals surface area contributed by atoms with Crippen LogP contribution in [0.3, 0.4) is 0 Å². The van der Waals surface area contributed by atoms with Crippen molar-refractivity contribution in [2.45, 2.75) is 26.4 Å². The molecule has 2 aromatic carbocycles. The lowest BCUT2D eigenvalue weighted by Crippen LogP contribution is -2.49. The van der Waals surface area contributed by atoms with Gasteiger partial charge in [0.15, 0.2) is 0 Å². The van der Waals surface area contributed by atoms with Crippen LogP contribution in [0.15, 0.2) is 48.5 Å². The molecule has 2 rings (SSSR count). The second-order valence-corrected chi connectivity index (χ2v) is 7.34. The molecular weight excluding hydrogens is 392 g/mol. The van der Waals surface area contributed by atoms with E-state index in [9.17, 15) is 9.59 Å². The van der Waals surface area contributed by atoms with Crippen LogP contribution in [0.4, 0.5) is 0 Å². The number of hydrogen-bond acceptors (Lipinski definition) is 4. The van der Waals surface area contributed by atoms with Gasteiger partial charge in [-0.15, -0.1) is 0 Å². The second kappa shape index (κ2) is 11.4. The molecular formula is C22H27ClN2O4. The Hall–Kier alpha value is -2.57. The molecule has 6 nitrogen and oxygen atoms in total. The van der Waals surface area contributed by atoms with Crippen molar-refractivity contribution >= 4 is 23.4 Å². The van der Waals surface area contributed by atoms with Gasteiger partial charge in [-0.25, -0.2) is 0 Å². The highest BCUT2D eigenvalue weighted by molar-refractivity contribution is 6.30. The highest BCUT2D eigenvalue weighted by atomic mass is 35.5. The predicted octanol–water partition coefficient (Wildman–Crippen LogP) is 3.44. The van der Waals surface area contributed by atoms with Crippen LogP contribution in [0.2, 0.25) is 5.02 Å². The molecule has 0 bridgehead atoms. The molecule has 0 aromatic heterocycles. The van der Waals surface area contributed by atoms with Crippen molar-refractivity contribution in [2.75, 3.05) is 20.3 Å². The molecule has 156 valence electrons. The normalized spacial score (nSPS) is 11.8. The van der Waals surface area contributed by atoms with Crippen molar-refractivity contribution in [1.29, 1.82) is 0 Å². The van der Waals surface area contributed by atoms with E-state index in [1.807, 2.05) is 38.1 Å². The monoisotopic (exact) mass is 418 g/mol. The number of hydrogen-bond donors (Lipinski definition) is 2. The smallest absolute Gasteiger partial charge is 0.251 e. The van der Waals surface area contributed by atoms with E-state index >= 15 is 0 Å². The van der Waals surface area contributed by atoms with E-state index in [1.54, 1.807) is 31.4 Å². The highest BCUT2D eigenvalue weighted by Gasteiger charge is 2.24. The molecule has 0 heterocycles. The fourth-order valence-corrected chi connectivity index (χ4v) is 2.73. The van der Waals surface area contributed by atoms with Gasteiger partial charge >= 0.3 is 0 Å². The Kier molecular flexibility index (Phi) is 8.96. The summed E-state index contributed by atoms with van der Waals surface area (Å²) in [5.41, 5.74) is 1.39. The van der Waals surface area contributed by atoms with Gasteiger partial charge in [0.1, 0.15) is 18.4 Å². The fraction of sp³-hybridized carbons (Fsp3) is 0.364. The predicted molar refractivity (Wildman–Crippen MR) is 113 cm³/mol. The number of carbonyl (C=O) groups excluding carboxylic acids is 2. The quantitative estimate of drug-likeness (QED) is 0.579. The van der Waals surface area contributed by atoms with Gasteiger partial charge in [-0.05, 0) is 47.9 Å². The molecule has 0 aliphatic carbocycles. The van der Waals surface area contributed by atoms with Gasteiger partial charge in [0.05, 0.1) is 6.61 Å². The van der Waals surface area contributed by atoms with Gasteiger partial charge in [-0.1, -0.05) is 37.6 Å². The molecule has 1 unspecified atom stereocenters. The maximum atomic E-state index is 12.6. The molecule has 1 atom stereocenters. The lowest BCUT2D eigenvalue weighted by molar-refractivity contribution is -0.124. The van der Waals surface area contributed by atoms with E-state index < -0.39 is 6.04 Å². The highest BCUT2D eigenvalue weighted by Crippen LogP contribution is 2.13. The summed E-state index contributed by atoms with van der Waals surface area (Å²) in [5, 5.41) is 6.23. The first-order valence-corrected chi connectivity index (χ1v) is 9.83. The standard InChI is InChI=1S/C22H27ClN2O4/c1-15(2)20(25-21(26)17-6-8-18(23)9-7-17)22(27)24-14-16-4-10-19(11-5-16)29-13-12-28-3/h4-11,15,20H,12-14H2,1-3H3,(H,24,27)(H,25,26). The zero-order valence-electron chi connectivity index (χ0n) is 16.9. The molecule has 2 N–H and O–H groups in total. The van der Waals surface area contributed by atoms with Gasteiger partial charge in [-0.3, -0.25) is 9.59 Å². The topological polar surface area (TPSA) is 76.7 Å². The molecule has 0 spiro atoms. The van der Waals surface area contributed by atoms with Crippen molar-refractivity contribution in [3.05, 3.63) is 64.7 Å². The molecule has 0 aliphatic rings. The van der Waals surface area contributed by atoms with Crippen LogP contribution in [0, 0.1) is 5.92 Å². The first-order chi connectivity index (χ1) is 13.9. The van der Waals surface area contributed by atoms with Gasteiger partial charge in [0.25, 0.3) is 5.91 Å². The van der Waals surface area contributed by atoms with Gasteiger partial charge in [0.2, 0.25) is 5.91 Å².